The minimum Gasteiger partial charge on any atom is -0.466 e. The fourth-order valence-electron chi connectivity index (χ4n) is 1.57. The van der Waals surface area contributed by atoms with E-state index in [1.807, 2.05) is 0 Å². The molecular weight excluding hydrogens is 231 g/mol. The average molecular weight is 245 g/mol. The first-order valence-corrected chi connectivity index (χ1v) is 5.61. The van der Waals surface area contributed by atoms with Gasteiger partial charge in [-0.2, -0.15) is 0 Å². The highest BCUT2D eigenvalue weighted by atomic mass is 35.5. The predicted octanol–water partition coefficient (Wildman–Crippen LogP) is 2.98. The number of ether oxygens (including phenoxy) is 1. The van der Waals surface area contributed by atoms with Crippen molar-refractivity contribution in [3.8, 4) is 0 Å². The van der Waals surface area contributed by atoms with Crippen LogP contribution in [0.15, 0.2) is 12.1 Å². The highest BCUT2D eigenvalue weighted by Gasteiger charge is 2.12. The number of halogens is 2. The molecule has 0 N–H and O–H groups in total. The van der Waals surface area contributed by atoms with Crippen LogP contribution in [-0.2, 0) is 21.8 Å². The van der Waals surface area contributed by atoms with E-state index in [9.17, 15) is 9.18 Å². The fourth-order valence-corrected chi connectivity index (χ4v) is 1.81. The van der Waals surface area contributed by atoms with Crippen molar-refractivity contribution < 1.29 is 13.9 Å². The van der Waals surface area contributed by atoms with Gasteiger partial charge >= 0.3 is 5.97 Å². The minimum absolute atomic E-state index is 0.141. The van der Waals surface area contributed by atoms with Crippen molar-refractivity contribution in [2.75, 3.05) is 6.61 Å². The first-order chi connectivity index (χ1) is 7.58. The summed E-state index contributed by atoms with van der Waals surface area (Å²) in [6, 6.07) is 2.75. The summed E-state index contributed by atoms with van der Waals surface area (Å²) in [4.78, 5) is 11.4. The summed E-state index contributed by atoms with van der Waals surface area (Å²) in [6.45, 7) is 3.85. The Labute approximate surface area is 99.4 Å². The fraction of sp³-hybridized carbons (Fsp3) is 0.417. The Bertz CT molecular complexity index is 391. The number of carbonyl (C=O) groups is 1. The van der Waals surface area contributed by atoms with Gasteiger partial charge in [0.15, 0.2) is 0 Å². The van der Waals surface area contributed by atoms with E-state index in [4.69, 9.17) is 16.3 Å². The number of hydrogen-bond donors (Lipinski definition) is 0. The summed E-state index contributed by atoms with van der Waals surface area (Å²) in [5, 5.41) is 0. The molecule has 0 saturated carbocycles. The highest BCUT2D eigenvalue weighted by Crippen LogP contribution is 2.19. The molecule has 0 bridgehead atoms. The molecule has 0 saturated heterocycles. The molecular formula is C12H14ClFO2. The normalized spacial score (nSPS) is 10.2. The first kappa shape index (κ1) is 13.0. The van der Waals surface area contributed by atoms with Gasteiger partial charge in [-0.15, -0.1) is 11.6 Å². The van der Waals surface area contributed by atoms with Crippen molar-refractivity contribution in [1.29, 1.82) is 0 Å². The van der Waals surface area contributed by atoms with Crippen LogP contribution in [0.3, 0.4) is 0 Å². The average Bonchev–Trinajstić information content (AvgIpc) is 2.22. The Morgan fingerprint density at radius 2 is 2.19 bits per heavy atom. The van der Waals surface area contributed by atoms with Gasteiger partial charge in [-0.25, -0.2) is 4.39 Å². The zero-order valence-electron chi connectivity index (χ0n) is 9.35. The molecule has 0 spiro atoms. The Kier molecular flexibility index (Phi) is 4.74. The van der Waals surface area contributed by atoms with E-state index in [-0.39, 0.29) is 24.1 Å². The second-order valence-electron chi connectivity index (χ2n) is 3.48. The van der Waals surface area contributed by atoms with E-state index in [2.05, 4.69) is 0 Å². The number of hydrogen-bond acceptors (Lipinski definition) is 2. The standard InChI is InChI=1S/C12H14ClFO2/c1-3-16-12(15)6-11-8(2)4-10(14)5-9(11)7-13/h4-5H,3,6-7H2,1-2H3. The predicted molar refractivity (Wildman–Crippen MR) is 61.0 cm³/mol. The van der Waals surface area contributed by atoms with Crippen LogP contribution < -0.4 is 0 Å². The van der Waals surface area contributed by atoms with Crippen LogP contribution in [0.25, 0.3) is 0 Å². The highest BCUT2D eigenvalue weighted by molar-refractivity contribution is 6.17. The molecule has 0 amide bonds. The van der Waals surface area contributed by atoms with Crippen LogP contribution in [0.4, 0.5) is 4.39 Å². The quantitative estimate of drug-likeness (QED) is 0.601. The lowest BCUT2D eigenvalue weighted by molar-refractivity contribution is -0.142. The maximum atomic E-state index is 13.1. The molecule has 1 rings (SSSR count). The van der Waals surface area contributed by atoms with Gasteiger partial charge in [0.2, 0.25) is 0 Å². The lowest BCUT2D eigenvalue weighted by Gasteiger charge is -2.10. The maximum absolute atomic E-state index is 13.1. The smallest absolute Gasteiger partial charge is 0.310 e. The molecule has 88 valence electrons. The van der Waals surface area contributed by atoms with Crippen molar-refractivity contribution in [2.24, 2.45) is 0 Å². The molecule has 1 aromatic rings. The lowest BCUT2D eigenvalue weighted by Crippen LogP contribution is -2.10. The zero-order chi connectivity index (χ0) is 12.1. The second-order valence-corrected chi connectivity index (χ2v) is 3.74. The molecule has 0 fully saturated rings. The van der Waals surface area contributed by atoms with Crippen molar-refractivity contribution in [2.45, 2.75) is 26.1 Å². The third-order valence-electron chi connectivity index (χ3n) is 2.30. The number of aryl methyl sites for hydroxylation is 1. The van der Waals surface area contributed by atoms with Gasteiger partial charge in [-0.05, 0) is 42.7 Å². The van der Waals surface area contributed by atoms with E-state index in [0.717, 1.165) is 11.1 Å². The van der Waals surface area contributed by atoms with Crippen molar-refractivity contribution in [3.05, 3.63) is 34.6 Å². The number of benzene rings is 1. The van der Waals surface area contributed by atoms with Gasteiger partial charge in [0.05, 0.1) is 13.0 Å². The first-order valence-electron chi connectivity index (χ1n) is 5.08. The molecule has 0 radical (unpaired) electrons. The second kappa shape index (κ2) is 5.85. The Hall–Kier alpha value is -1.09. The molecule has 1 aromatic carbocycles. The molecule has 0 aliphatic rings. The summed E-state index contributed by atoms with van der Waals surface area (Å²) in [7, 11) is 0. The van der Waals surface area contributed by atoms with Crippen LogP contribution in [-0.4, -0.2) is 12.6 Å². The monoisotopic (exact) mass is 244 g/mol. The third-order valence-corrected chi connectivity index (χ3v) is 2.59. The topological polar surface area (TPSA) is 26.3 Å². The number of rotatable bonds is 4. The minimum atomic E-state index is -0.333. The summed E-state index contributed by atoms with van der Waals surface area (Å²) in [5.74, 6) is -0.461. The number of alkyl halides is 1. The Morgan fingerprint density at radius 3 is 2.75 bits per heavy atom. The molecule has 0 unspecified atom stereocenters. The maximum Gasteiger partial charge on any atom is 0.310 e. The molecule has 0 aliphatic heterocycles. The van der Waals surface area contributed by atoms with Crippen LogP contribution in [0.5, 0.6) is 0 Å². The summed E-state index contributed by atoms with van der Waals surface area (Å²) < 4.78 is 18.0. The largest absolute Gasteiger partial charge is 0.466 e. The molecule has 16 heavy (non-hydrogen) atoms. The summed E-state index contributed by atoms with van der Waals surface area (Å²) in [6.07, 6.45) is 0.141. The third kappa shape index (κ3) is 3.20. The van der Waals surface area contributed by atoms with Gasteiger partial charge < -0.3 is 4.74 Å². The van der Waals surface area contributed by atoms with Gasteiger partial charge in [0.1, 0.15) is 5.82 Å². The number of carbonyl (C=O) groups excluding carboxylic acids is 1. The van der Waals surface area contributed by atoms with Crippen LogP contribution in [0.1, 0.15) is 23.6 Å². The lowest BCUT2D eigenvalue weighted by atomic mass is 10.00. The summed E-state index contributed by atoms with van der Waals surface area (Å²) in [5.41, 5.74) is 2.13. The van der Waals surface area contributed by atoms with Gasteiger partial charge in [-0.3, -0.25) is 4.79 Å². The van der Waals surface area contributed by atoms with Crippen LogP contribution in [0, 0.1) is 12.7 Å². The molecule has 2 nitrogen and oxygen atoms in total. The molecule has 4 heteroatoms. The molecule has 0 heterocycles. The molecule has 0 aromatic heterocycles. The van der Waals surface area contributed by atoms with Crippen molar-refractivity contribution >= 4 is 17.6 Å². The van der Waals surface area contributed by atoms with Gasteiger partial charge in [0, 0.05) is 5.88 Å². The van der Waals surface area contributed by atoms with Crippen LogP contribution >= 0.6 is 11.6 Å². The summed E-state index contributed by atoms with van der Waals surface area (Å²) >= 11 is 5.72. The molecule has 0 aliphatic carbocycles. The Balaban J connectivity index is 2.98. The van der Waals surface area contributed by atoms with Gasteiger partial charge in [-0.1, -0.05) is 0 Å². The number of esters is 1. The van der Waals surface area contributed by atoms with E-state index in [1.165, 1.54) is 12.1 Å². The zero-order valence-corrected chi connectivity index (χ0v) is 10.1. The SMILES string of the molecule is CCOC(=O)Cc1c(C)cc(F)cc1CCl. The van der Waals surface area contributed by atoms with E-state index >= 15 is 0 Å². The van der Waals surface area contributed by atoms with E-state index in [1.54, 1.807) is 13.8 Å². The Morgan fingerprint density at radius 1 is 1.50 bits per heavy atom. The van der Waals surface area contributed by atoms with Crippen molar-refractivity contribution in [3.63, 3.8) is 0 Å². The molecule has 0 atom stereocenters. The van der Waals surface area contributed by atoms with E-state index in [0.29, 0.717) is 12.2 Å². The van der Waals surface area contributed by atoms with Gasteiger partial charge in [0.25, 0.3) is 0 Å². The van der Waals surface area contributed by atoms with Crippen LogP contribution in [0.2, 0.25) is 0 Å². The van der Waals surface area contributed by atoms with Crippen molar-refractivity contribution in [1.82, 2.24) is 0 Å². The van der Waals surface area contributed by atoms with E-state index < -0.39 is 0 Å².